The quantitative estimate of drug-likeness (QED) is 0.511. The summed E-state index contributed by atoms with van der Waals surface area (Å²) in [5.41, 5.74) is 5.63. The summed E-state index contributed by atoms with van der Waals surface area (Å²) in [7, 11) is -3.98. The van der Waals surface area contributed by atoms with Crippen molar-refractivity contribution in [2.45, 2.75) is 38.1 Å². The first-order valence-electron chi connectivity index (χ1n) is 5.96. The monoisotopic (exact) mass is 278 g/mol. The second-order valence-corrected chi connectivity index (χ2v) is 5.75. The van der Waals surface area contributed by atoms with Crippen molar-refractivity contribution in [1.29, 1.82) is 0 Å². The first kappa shape index (κ1) is 17.1. The molecule has 0 aromatic heterocycles. The number of nitrogens with two attached hydrogens (primary N) is 1. The van der Waals surface area contributed by atoms with Crippen molar-refractivity contribution in [3.05, 3.63) is 12.7 Å². The fraction of sp³-hybridized carbons (Fsp3) is 0.727. The average molecular weight is 278 g/mol. The van der Waals surface area contributed by atoms with Crippen molar-refractivity contribution < 1.29 is 17.8 Å². The Kier molecular flexibility index (Phi) is 8.61. The van der Waals surface area contributed by atoms with Crippen molar-refractivity contribution in [3.63, 3.8) is 0 Å². The van der Waals surface area contributed by atoms with Crippen LogP contribution in [0.4, 0.5) is 0 Å². The molecule has 106 valence electrons. The topological polar surface area (TPSA) is 109 Å². The van der Waals surface area contributed by atoms with E-state index < -0.39 is 21.8 Å². The van der Waals surface area contributed by atoms with Crippen LogP contribution >= 0.6 is 0 Å². The van der Waals surface area contributed by atoms with Gasteiger partial charge in [-0.25, -0.2) is 0 Å². The van der Waals surface area contributed by atoms with Gasteiger partial charge in [0, 0.05) is 12.6 Å². The third-order valence-electron chi connectivity index (χ3n) is 2.49. The molecule has 0 radical (unpaired) electrons. The number of nitrogens with one attached hydrogen (secondary N) is 1. The Labute approximate surface area is 108 Å². The van der Waals surface area contributed by atoms with Gasteiger partial charge in [-0.2, -0.15) is 8.42 Å². The Balaban J connectivity index is 0.000000351. The Morgan fingerprint density at radius 3 is 2.28 bits per heavy atom. The molecule has 0 aromatic carbocycles. The van der Waals surface area contributed by atoms with E-state index in [1.165, 1.54) is 32.1 Å². The lowest BCUT2D eigenvalue weighted by Gasteiger charge is -2.15. The summed E-state index contributed by atoms with van der Waals surface area (Å²) >= 11 is 0. The molecule has 0 aliphatic heterocycles. The van der Waals surface area contributed by atoms with E-state index >= 15 is 0 Å². The van der Waals surface area contributed by atoms with E-state index in [2.05, 4.69) is 11.9 Å². The summed E-state index contributed by atoms with van der Waals surface area (Å²) in [5.74, 6) is -0.944. The fourth-order valence-corrected chi connectivity index (χ4v) is 1.87. The molecule has 0 spiro atoms. The van der Waals surface area contributed by atoms with Crippen LogP contribution in [0.15, 0.2) is 12.7 Å². The summed E-state index contributed by atoms with van der Waals surface area (Å²) in [6.45, 7) is 3.04. The number of carbonyl (C=O) groups excluding carboxylic acids is 1. The molecule has 1 amide bonds. The van der Waals surface area contributed by atoms with Crippen LogP contribution in [0.3, 0.4) is 0 Å². The van der Waals surface area contributed by atoms with Gasteiger partial charge in [0.05, 0.1) is 5.75 Å². The van der Waals surface area contributed by atoms with Crippen LogP contribution in [-0.2, 0) is 14.9 Å². The normalized spacial score (nSPS) is 16.3. The lowest BCUT2D eigenvalue weighted by molar-refractivity contribution is -0.116. The van der Waals surface area contributed by atoms with Crippen LogP contribution in [-0.4, -0.2) is 37.2 Å². The maximum atomic E-state index is 10.4. The standard InChI is InChI=1S/C6H13N.C5H9NO4S/c7-6-4-2-1-3-5-6;1-2-5(7)6-3-4-11(8,9)10/h6H,1-5,7H2;2H,1,3-4H2,(H,6,7)(H,8,9,10). The van der Waals surface area contributed by atoms with Gasteiger partial charge in [0.15, 0.2) is 0 Å². The van der Waals surface area contributed by atoms with E-state index in [1.807, 2.05) is 0 Å². The predicted molar refractivity (Wildman–Crippen MR) is 70.7 cm³/mol. The van der Waals surface area contributed by atoms with E-state index in [0.29, 0.717) is 6.04 Å². The summed E-state index contributed by atoms with van der Waals surface area (Å²) in [6.07, 6.45) is 7.68. The summed E-state index contributed by atoms with van der Waals surface area (Å²) in [4.78, 5) is 10.4. The maximum absolute atomic E-state index is 10.4. The van der Waals surface area contributed by atoms with Gasteiger partial charge >= 0.3 is 0 Å². The Morgan fingerprint density at radius 2 is 1.94 bits per heavy atom. The van der Waals surface area contributed by atoms with E-state index in [9.17, 15) is 13.2 Å². The average Bonchev–Trinajstić information content (AvgIpc) is 2.29. The maximum Gasteiger partial charge on any atom is 0.266 e. The van der Waals surface area contributed by atoms with Crippen LogP contribution in [0.25, 0.3) is 0 Å². The number of amides is 1. The molecule has 0 atom stereocenters. The zero-order valence-corrected chi connectivity index (χ0v) is 11.3. The van der Waals surface area contributed by atoms with Crippen molar-refractivity contribution in [2.75, 3.05) is 12.3 Å². The molecule has 7 heteroatoms. The van der Waals surface area contributed by atoms with Crippen molar-refractivity contribution >= 4 is 16.0 Å². The number of hydrogen-bond acceptors (Lipinski definition) is 4. The highest BCUT2D eigenvalue weighted by molar-refractivity contribution is 7.85. The van der Waals surface area contributed by atoms with Gasteiger partial charge in [0.1, 0.15) is 0 Å². The second-order valence-electron chi connectivity index (χ2n) is 4.18. The van der Waals surface area contributed by atoms with Gasteiger partial charge in [-0.05, 0) is 18.9 Å². The zero-order chi connectivity index (χ0) is 14.0. The molecule has 1 aliphatic carbocycles. The second kappa shape index (κ2) is 9.07. The summed E-state index contributed by atoms with van der Waals surface area (Å²) in [5, 5.41) is 2.19. The Hall–Kier alpha value is -0.920. The molecular weight excluding hydrogens is 256 g/mol. The molecule has 0 aromatic rings. The van der Waals surface area contributed by atoms with E-state index in [0.717, 1.165) is 6.08 Å². The van der Waals surface area contributed by atoms with Crippen LogP contribution < -0.4 is 11.1 Å². The molecule has 1 saturated carbocycles. The number of rotatable bonds is 4. The van der Waals surface area contributed by atoms with Crippen LogP contribution in [0.2, 0.25) is 0 Å². The third kappa shape index (κ3) is 11.6. The van der Waals surface area contributed by atoms with E-state index in [4.69, 9.17) is 10.3 Å². The third-order valence-corrected chi connectivity index (χ3v) is 3.21. The molecule has 1 fully saturated rings. The van der Waals surface area contributed by atoms with Crippen LogP contribution in [0, 0.1) is 0 Å². The highest BCUT2D eigenvalue weighted by Gasteiger charge is 2.06. The predicted octanol–water partition coefficient (Wildman–Crippen LogP) is 0.454. The number of hydrogen-bond donors (Lipinski definition) is 3. The Bertz CT molecular complexity index is 348. The fourth-order valence-electron chi connectivity index (χ4n) is 1.51. The van der Waals surface area contributed by atoms with Gasteiger partial charge in [-0.15, -0.1) is 0 Å². The van der Waals surface area contributed by atoms with Crippen molar-refractivity contribution in [1.82, 2.24) is 5.32 Å². The Morgan fingerprint density at radius 1 is 1.39 bits per heavy atom. The van der Waals surface area contributed by atoms with Gasteiger partial charge in [-0.3, -0.25) is 9.35 Å². The minimum Gasteiger partial charge on any atom is -0.351 e. The largest absolute Gasteiger partial charge is 0.351 e. The van der Waals surface area contributed by atoms with Gasteiger partial charge in [0.2, 0.25) is 5.91 Å². The van der Waals surface area contributed by atoms with Crippen LogP contribution in [0.5, 0.6) is 0 Å². The van der Waals surface area contributed by atoms with Crippen molar-refractivity contribution in [2.24, 2.45) is 5.73 Å². The van der Waals surface area contributed by atoms with E-state index in [-0.39, 0.29) is 6.54 Å². The smallest absolute Gasteiger partial charge is 0.266 e. The lowest BCUT2D eigenvalue weighted by atomic mass is 9.97. The minimum atomic E-state index is -3.98. The molecule has 4 N–H and O–H groups in total. The van der Waals surface area contributed by atoms with Crippen LogP contribution in [0.1, 0.15) is 32.1 Å². The zero-order valence-electron chi connectivity index (χ0n) is 10.5. The first-order valence-corrected chi connectivity index (χ1v) is 7.57. The minimum absolute atomic E-state index is 0.107. The highest BCUT2D eigenvalue weighted by Crippen LogP contribution is 2.14. The van der Waals surface area contributed by atoms with Gasteiger partial charge < -0.3 is 11.1 Å². The SMILES string of the molecule is C=CC(=O)NCCS(=O)(=O)O.NC1CCCCC1. The van der Waals surface area contributed by atoms with Crippen molar-refractivity contribution in [3.8, 4) is 0 Å². The highest BCUT2D eigenvalue weighted by atomic mass is 32.2. The molecule has 0 unspecified atom stereocenters. The molecule has 1 aliphatic rings. The molecule has 18 heavy (non-hydrogen) atoms. The lowest BCUT2D eigenvalue weighted by Crippen LogP contribution is -2.27. The van der Waals surface area contributed by atoms with Gasteiger partial charge in [0.25, 0.3) is 10.1 Å². The molecular formula is C11H22N2O4S. The molecule has 1 rings (SSSR count). The summed E-state index contributed by atoms with van der Waals surface area (Å²) < 4.78 is 28.4. The van der Waals surface area contributed by atoms with E-state index in [1.54, 1.807) is 0 Å². The molecule has 0 heterocycles. The van der Waals surface area contributed by atoms with Gasteiger partial charge in [-0.1, -0.05) is 25.8 Å². The number of carbonyl (C=O) groups is 1. The molecule has 6 nitrogen and oxygen atoms in total. The molecule has 0 bridgehead atoms. The summed E-state index contributed by atoms with van der Waals surface area (Å²) in [6, 6.07) is 0.536. The molecule has 0 saturated heterocycles. The first-order chi connectivity index (χ1) is 8.35.